The first-order valence-corrected chi connectivity index (χ1v) is 5.22. The highest BCUT2D eigenvalue weighted by molar-refractivity contribution is 9.10. The first kappa shape index (κ1) is 12.6. The highest BCUT2D eigenvalue weighted by Crippen LogP contribution is 2.26. The fourth-order valence-electron chi connectivity index (χ4n) is 1.08. The van der Waals surface area contributed by atoms with Crippen molar-refractivity contribution in [3.63, 3.8) is 0 Å². The smallest absolute Gasteiger partial charge is 0.271 e. The first-order valence-electron chi connectivity index (χ1n) is 4.43. The fraction of sp³-hybridized carbons (Fsp3) is 0.222. The summed E-state index contributed by atoms with van der Waals surface area (Å²) >= 11 is 3.20. The summed E-state index contributed by atoms with van der Waals surface area (Å²) in [6.45, 7) is 0.148. The molecule has 0 aromatic heterocycles. The maximum absolute atomic E-state index is 11.3. The van der Waals surface area contributed by atoms with Crippen LogP contribution in [0.2, 0.25) is 0 Å². The number of nitro benzene ring substituents is 1. The number of anilines is 1. The van der Waals surface area contributed by atoms with Gasteiger partial charge in [-0.15, -0.1) is 0 Å². The Hall–Kier alpha value is -1.47. The molecule has 0 saturated heterocycles. The number of carbonyl (C=O) groups excluding carboxylic acids is 1. The molecule has 0 atom stereocenters. The van der Waals surface area contributed by atoms with E-state index in [1.165, 1.54) is 18.2 Å². The first-order chi connectivity index (χ1) is 7.54. The van der Waals surface area contributed by atoms with E-state index in [-0.39, 0.29) is 18.1 Å². The standard InChI is InChI=1S/C9H10BrN3O3/c1-11-5-9(14)12-8-4-6(13(15)16)2-3-7(8)10/h2-4,11H,5H2,1H3,(H,12,14). The van der Waals surface area contributed by atoms with E-state index in [1.54, 1.807) is 7.05 Å². The second kappa shape index (κ2) is 5.57. The van der Waals surface area contributed by atoms with Gasteiger partial charge in [0.1, 0.15) is 0 Å². The van der Waals surface area contributed by atoms with Crippen molar-refractivity contribution in [1.82, 2.24) is 5.32 Å². The summed E-state index contributed by atoms with van der Waals surface area (Å²) in [6.07, 6.45) is 0. The number of rotatable bonds is 4. The predicted octanol–water partition coefficient (Wildman–Crippen LogP) is 1.52. The number of halogens is 1. The molecule has 0 fully saturated rings. The van der Waals surface area contributed by atoms with Gasteiger partial charge < -0.3 is 10.6 Å². The van der Waals surface area contributed by atoms with Crippen molar-refractivity contribution >= 4 is 33.2 Å². The number of nitrogens with zero attached hydrogens (tertiary/aromatic N) is 1. The fourth-order valence-corrected chi connectivity index (χ4v) is 1.42. The Morgan fingerprint density at radius 1 is 1.56 bits per heavy atom. The largest absolute Gasteiger partial charge is 0.324 e. The Balaban J connectivity index is 2.90. The molecule has 16 heavy (non-hydrogen) atoms. The molecule has 0 bridgehead atoms. The van der Waals surface area contributed by atoms with Crippen molar-refractivity contribution in [2.24, 2.45) is 0 Å². The van der Waals surface area contributed by atoms with Gasteiger partial charge in [0, 0.05) is 16.6 Å². The Morgan fingerprint density at radius 2 is 2.25 bits per heavy atom. The lowest BCUT2D eigenvalue weighted by molar-refractivity contribution is -0.384. The van der Waals surface area contributed by atoms with Crippen LogP contribution in [-0.4, -0.2) is 24.4 Å². The topological polar surface area (TPSA) is 84.3 Å². The van der Waals surface area contributed by atoms with Crippen LogP contribution in [0, 0.1) is 10.1 Å². The minimum atomic E-state index is -0.514. The molecule has 2 N–H and O–H groups in total. The maximum Gasteiger partial charge on any atom is 0.271 e. The van der Waals surface area contributed by atoms with Gasteiger partial charge in [-0.2, -0.15) is 0 Å². The molecular weight excluding hydrogens is 278 g/mol. The van der Waals surface area contributed by atoms with Crippen LogP contribution in [-0.2, 0) is 4.79 Å². The van der Waals surface area contributed by atoms with E-state index in [2.05, 4.69) is 26.6 Å². The molecule has 0 unspecified atom stereocenters. The number of nitro groups is 1. The van der Waals surface area contributed by atoms with Gasteiger partial charge in [-0.1, -0.05) is 0 Å². The molecule has 1 aromatic carbocycles. The lowest BCUT2D eigenvalue weighted by atomic mass is 10.3. The van der Waals surface area contributed by atoms with E-state index in [0.29, 0.717) is 10.2 Å². The third kappa shape index (κ3) is 3.28. The molecule has 0 saturated carbocycles. The monoisotopic (exact) mass is 287 g/mol. The van der Waals surface area contributed by atoms with E-state index in [1.807, 2.05) is 0 Å². The molecule has 6 nitrogen and oxygen atoms in total. The second-order valence-electron chi connectivity index (χ2n) is 3.00. The minimum Gasteiger partial charge on any atom is -0.324 e. The van der Waals surface area contributed by atoms with Crippen LogP contribution in [0.15, 0.2) is 22.7 Å². The number of amides is 1. The summed E-state index contributed by atoms with van der Waals surface area (Å²) in [4.78, 5) is 21.3. The summed E-state index contributed by atoms with van der Waals surface area (Å²) in [6, 6.07) is 4.18. The summed E-state index contributed by atoms with van der Waals surface area (Å²) in [5.41, 5.74) is 0.317. The number of likely N-dealkylation sites (N-methyl/N-ethyl adjacent to an activating group) is 1. The average molecular weight is 288 g/mol. The SMILES string of the molecule is CNCC(=O)Nc1cc([N+](=O)[O-])ccc1Br. The zero-order valence-corrected chi connectivity index (χ0v) is 10.1. The predicted molar refractivity (Wildman–Crippen MR) is 63.4 cm³/mol. The molecule has 1 amide bonds. The molecule has 0 aliphatic carbocycles. The van der Waals surface area contributed by atoms with Crippen LogP contribution >= 0.6 is 15.9 Å². The van der Waals surface area contributed by atoms with Gasteiger partial charge in [-0.05, 0) is 29.0 Å². The average Bonchev–Trinajstić information content (AvgIpc) is 2.21. The summed E-state index contributed by atoms with van der Waals surface area (Å²) in [7, 11) is 1.64. The molecule has 1 aromatic rings. The molecule has 1 rings (SSSR count). The number of hydrogen-bond acceptors (Lipinski definition) is 4. The van der Waals surface area contributed by atoms with Crippen molar-refractivity contribution in [3.8, 4) is 0 Å². The lowest BCUT2D eigenvalue weighted by Gasteiger charge is -2.06. The van der Waals surface area contributed by atoms with Crippen LogP contribution in [0.1, 0.15) is 0 Å². The second-order valence-corrected chi connectivity index (χ2v) is 3.85. The summed E-state index contributed by atoms with van der Waals surface area (Å²) in [5, 5.41) is 15.8. The van der Waals surface area contributed by atoms with E-state index < -0.39 is 4.92 Å². The van der Waals surface area contributed by atoms with Crippen LogP contribution in [0.5, 0.6) is 0 Å². The minimum absolute atomic E-state index is 0.0667. The van der Waals surface area contributed by atoms with E-state index in [4.69, 9.17) is 0 Å². The van der Waals surface area contributed by atoms with Crippen LogP contribution < -0.4 is 10.6 Å². The summed E-state index contributed by atoms with van der Waals surface area (Å²) < 4.78 is 0.600. The molecule has 0 heterocycles. The Labute approximate surface area is 100 Å². The Kier molecular flexibility index (Phi) is 4.39. The maximum atomic E-state index is 11.3. The van der Waals surface area contributed by atoms with Gasteiger partial charge in [0.2, 0.25) is 5.91 Å². The molecule has 0 radical (unpaired) electrons. The van der Waals surface area contributed by atoms with Crippen molar-refractivity contribution in [1.29, 1.82) is 0 Å². The van der Waals surface area contributed by atoms with Crippen molar-refractivity contribution in [2.45, 2.75) is 0 Å². The number of hydrogen-bond donors (Lipinski definition) is 2. The normalized spacial score (nSPS) is 9.88. The van der Waals surface area contributed by atoms with Crippen LogP contribution in [0.4, 0.5) is 11.4 Å². The van der Waals surface area contributed by atoms with Gasteiger partial charge >= 0.3 is 0 Å². The van der Waals surface area contributed by atoms with Gasteiger partial charge in [-0.3, -0.25) is 14.9 Å². The molecule has 86 valence electrons. The zero-order chi connectivity index (χ0) is 12.1. The van der Waals surface area contributed by atoms with Crippen LogP contribution in [0.3, 0.4) is 0 Å². The van der Waals surface area contributed by atoms with Crippen LogP contribution in [0.25, 0.3) is 0 Å². The lowest BCUT2D eigenvalue weighted by Crippen LogP contribution is -2.25. The molecule has 0 aliphatic heterocycles. The molecule has 0 aliphatic rings. The number of carbonyl (C=O) groups is 1. The number of nitrogens with one attached hydrogen (secondary N) is 2. The van der Waals surface area contributed by atoms with Gasteiger partial charge in [0.15, 0.2) is 0 Å². The van der Waals surface area contributed by atoms with E-state index >= 15 is 0 Å². The summed E-state index contributed by atoms with van der Waals surface area (Å²) in [5.74, 6) is -0.260. The van der Waals surface area contributed by atoms with Crippen molar-refractivity contribution < 1.29 is 9.72 Å². The van der Waals surface area contributed by atoms with Gasteiger partial charge in [0.05, 0.1) is 17.2 Å². The highest BCUT2D eigenvalue weighted by atomic mass is 79.9. The third-order valence-electron chi connectivity index (χ3n) is 1.77. The Morgan fingerprint density at radius 3 is 2.81 bits per heavy atom. The van der Waals surface area contributed by atoms with Crippen molar-refractivity contribution in [2.75, 3.05) is 18.9 Å². The molecule has 7 heteroatoms. The molecular formula is C9H10BrN3O3. The van der Waals surface area contributed by atoms with Crippen molar-refractivity contribution in [3.05, 3.63) is 32.8 Å². The number of non-ortho nitro benzene ring substituents is 1. The highest BCUT2D eigenvalue weighted by Gasteiger charge is 2.11. The Bertz CT molecular complexity index is 422. The van der Waals surface area contributed by atoms with E-state index in [9.17, 15) is 14.9 Å². The van der Waals surface area contributed by atoms with Gasteiger partial charge in [-0.25, -0.2) is 0 Å². The zero-order valence-electron chi connectivity index (χ0n) is 8.49. The third-order valence-corrected chi connectivity index (χ3v) is 2.46. The quantitative estimate of drug-likeness (QED) is 0.649. The number of benzene rings is 1. The molecule has 0 spiro atoms. The van der Waals surface area contributed by atoms with Gasteiger partial charge in [0.25, 0.3) is 5.69 Å². The van der Waals surface area contributed by atoms with E-state index in [0.717, 1.165) is 0 Å².